The molecule has 0 bridgehead atoms. The van der Waals surface area contributed by atoms with E-state index in [1.54, 1.807) is 56.9 Å². The van der Waals surface area contributed by atoms with Crippen molar-refractivity contribution >= 4 is 47.7 Å². The topological polar surface area (TPSA) is 94.1 Å². The second-order valence-electron chi connectivity index (χ2n) is 12.9. The van der Waals surface area contributed by atoms with Crippen LogP contribution in [0.4, 0.5) is 0 Å². The predicted molar refractivity (Wildman–Crippen MR) is 217 cm³/mol. The average Bonchev–Trinajstić information content (AvgIpc) is 3.18. The molecule has 0 amide bonds. The number of aromatic hydroxyl groups is 1. The van der Waals surface area contributed by atoms with Crippen molar-refractivity contribution in [1.29, 1.82) is 0 Å². The number of ether oxygens (including phenoxy) is 8. The Kier molecular flexibility index (Phi) is 12.5. The molecule has 0 radical (unpaired) electrons. The van der Waals surface area contributed by atoms with Crippen LogP contribution in [-0.2, 0) is 5.41 Å². The largest absolute Gasteiger partial charge is 0.507 e. The van der Waals surface area contributed by atoms with Crippen molar-refractivity contribution in [3.8, 4) is 51.7 Å². The third-order valence-electron chi connectivity index (χ3n) is 8.93. The molecule has 0 unspecified atom stereocenters. The Morgan fingerprint density at radius 1 is 0.377 bits per heavy atom. The zero-order valence-corrected chi connectivity index (χ0v) is 34.0. The fourth-order valence-corrected chi connectivity index (χ4v) is 11.3. The highest BCUT2D eigenvalue weighted by Gasteiger charge is 2.34. The molecule has 5 aromatic carbocycles. The van der Waals surface area contributed by atoms with E-state index in [9.17, 15) is 5.11 Å². The van der Waals surface area contributed by atoms with Crippen molar-refractivity contribution in [3.63, 3.8) is 0 Å². The molecule has 0 aromatic heterocycles. The monoisotopic (exact) mass is 758 g/mol. The smallest absolute Gasteiger partial charge is 0.132 e. The van der Waals surface area contributed by atoms with E-state index in [2.05, 4.69) is 32.9 Å². The summed E-state index contributed by atoms with van der Waals surface area (Å²) in [6, 6.07) is 27.3. The van der Waals surface area contributed by atoms with Gasteiger partial charge >= 0.3 is 0 Å². The molecule has 5 aromatic rings. The number of methoxy groups -OCH3 is 8. The van der Waals surface area contributed by atoms with Gasteiger partial charge < -0.3 is 43.0 Å². The molecule has 0 fully saturated rings. The summed E-state index contributed by atoms with van der Waals surface area (Å²) in [7, 11) is 9.97. The maximum Gasteiger partial charge on any atom is 0.132 e. The van der Waals surface area contributed by atoms with Gasteiger partial charge in [0.2, 0.25) is 0 Å². The fraction of sp³-hybridized carbons (Fsp3) is 0.286. The lowest BCUT2D eigenvalue weighted by molar-refractivity contribution is 0.396. The SMILES string of the molecule is COc1ccc(P(c2ccc(OC)cc2OC)c2cc(C(C)(C)C)cc(P(c3ccc(OC)cc3OC)c3ccc(OC)cc3OC)c2O)c(OC)c1. The number of phenolic OH excluding ortho intramolecular Hbond substituents is 1. The summed E-state index contributed by atoms with van der Waals surface area (Å²) in [5.74, 6) is 5.21. The van der Waals surface area contributed by atoms with Crippen molar-refractivity contribution in [2.45, 2.75) is 26.2 Å². The van der Waals surface area contributed by atoms with Gasteiger partial charge in [-0.05, 0) is 87.5 Å². The molecule has 280 valence electrons. The molecule has 53 heavy (non-hydrogen) atoms. The van der Waals surface area contributed by atoms with E-state index in [1.165, 1.54) is 0 Å². The highest BCUT2D eigenvalue weighted by Crippen LogP contribution is 2.49. The second kappa shape index (κ2) is 16.9. The minimum Gasteiger partial charge on any atom is -0.507 e. The first-order valence-electron chi connectivity index (χ1n) is 16.8. The Morgan fingerprint density at radius 2 is 0.642 bits per heavy atom. The lowest BCUT2D eigenvalue weighted by Crippen LogP contribution is -2.31. The van der Waals surface area contributed by atoms with Crippen molar-refractivity contribution in [2.24, 2.45) is 0 Å². The van der Waals surface area contributed by atoms with Crippen molar-refractivity contribution in [2.75, 3.05) is 56.9 Å². The summed E-state index contributed by atoms with van der Waals surface area (Å²) in [4.78, 5) is 0. The molecule has 11 heteroatoms. The summed E-state index contributed by atoms with van der Waals surface area (Å²) in [6.45, 7) is 6.50. The van der Waals surface area contributed by atoms with Gasteiger partial charge in [-0.15, -0.1) is 0 Å². The van der Waals surface area contributed by atoms with E-state index in [4.69, 9.17) is 37.9 Å². The Hall–Kier alpha value is -4.84. The zero-order chi connectivity index (χ0) is 38.4. The van der Waals surface area contributed by atoms with E-state index < -0.39 is 15.8 Å². The van der Waals surface area contributed by atoms with Gasteiger partial charge in [0.05, 0.1) is 56.9 Å². The number of phenols is 1. The first-order chi connectivity index (χ1) is 25.5. The molecule has 0 aliphatic rings. The lowest BCUT2D eigenvalue weighted by Gasteiger charge is -2.31. The molecule has 5 rings (SSSR count). The lowest BCUT2D eigenvalue weighted by atomic mass is 9.87. The Balaban J connectivity index is 1.96. The predicted octanol–water partition coefficient (Wildman–Crippen LogP) is 6.27. The van der Waals surface area contributed by atoms with Gasteiger partial charge in [0.25, 0.3) is 0 Å². The van der Waals surface area contributed by atoms with Crippen LogP contribution in [0.1, 0.15) is 26.3 Å². The summed E-state index contributed by atoms with van der Waals surface area (Å²) < 4.78 is 46.5. The molecule has 0 aliphatic carbocycles. The maximum atomic E-state index is 13.0. The molecule has 0 atom stereocenters. The van der Waals surface area contributed by atoms with Crippen molar-refractivity contribution in [1.82, 2.24) is 0 Å². The van der Waals surface area contributed by atoms with Crippen LogP contribution in [0.5, 0.6) is 51.7 Å². The molecular formula is C42H48O9P2. The number of benzene rings is 5. The molecule has 0 aliphatic heterocycles. The highest BCUT2D eigenvalue weighted by molar-refractivity contribution is 7.82. The van der Waals surface area contributed by atoms with Crippen LogP contribution in [0.25, 0.3) is 0 Å². The summed E-state index contributed by atoms with van der Waals surface area (Å²) >= 11 is 0. The van der Waals surface area contributed by atoms with Crippen LogP contribution in [-0.4, -0.2) is 62.0 Å². The van der Waals surface area contributed by atoms with Gasteiger partial charge in [0.1, 0.15) is 51.7 Å². The van der Waals surface area contributed by atoms with Crippen LogP contribution in [0.15, 0.2) is 84.9 Å². The van der Waals surface area contributed by atoms with Crippen molar-refractivity contribution in [3.05, 3.63) is 90.5 Å². The summed E-state index contributed by atoms with van der Waals surface area (Å²) in [6.07, 6.45) is 0. The Labute approximate surface area is 315 Å². The summed E-state index contributed by atoms with van der Waals surface area (Å²) in [5.41, 5.74) is 0.710. The minimum absolute atomic E-state index is 0.140. The first kappa shape index (κ1) is 39.4. The molecular weight excluding hydrogens is 710 g/mol. The van der Waals surface area contributed by atoms with E-state index in [1.807, 2.05) is 72.8 Å². The molecule has 9 nitrogen and oxygen atoms in total. The zero-order valence-electron chi connectivity index (χ0n) is 32.2. The average molecular weight is 759 g/mol. The van der Waals surface area contributed by atoms with Crippen LogP contribution in [0, 0.1) is 0 Å². The van der Waals surface area contributed by atoms with Gasteiger partial charge in [-0.2, -0.15) is 0 Å². The normalized spacial score (nSPS) is 11.3. The van der Waals surface area contributed by atoms with Gasteiger partial charge in [-0.1, -0.05) is 20.8 Å². The van der Waals surface area contributed by atoms with Crippen molar-refractivity contribution < 1.29 is 43.0 Å². The third-order valence-corrected chi connectivity index (χ3v) is 14.0. The summed E-state index contributed by atoms with van der Waals surface area (Å²) in [5, 5.41) is 17.9. The van der Waals surface area contributed by atoms with Gasteiger partial charge in [0.15, 0.2) is 0 Å². The molecule has 0 heterocycles. The standard InChI is InChI=1S/C42H48O9P2/c1-42(2,3)26-20-39(52(35-16-12-27(44-4)22-31(35)48-8)36-17-13-28(45-5)23-32(36)49-9)41(43)40(21-26)53(37-18-14-29(46-6)24-33(37)50-10)38-19-15-30(47-7)25-34(38)51-11/h12-25,43H,1-11H3. The molecule has 0 saturated carbocycles. The van der Waals surface area contributed by atoms with Gasteiger partial charge in [-0.25, -0.2) is 0 Å². The van der Waals surface area contributed by atoms with Crippen LogP contribution >= 0.6 is 15.8 Å². The number of hydrogen-bond acceptors (Lipinski definition) is 9. The van der Waals surface area contributed by atoms with E-state index in [0.717, 1.165) is 37.4 Å². The van der Waals surface area contributed by atoms with Crippen LogP contribution < -0.4 is 69.7 Å². The minimum atomic E-state index is -1.54. The number of rotatable bonds is 14. The van der Waals surface area contributed by atoms with E-state index in [-0.39, 0.29) is 11.2 Å². The Bertz CT molecular complexity index is 1810. The van der Waals surface area contributed by atoms with Crippen LogP contribution in [0.3, 0.4) is 0 Å². The quantitative estimate of drug-likeness (QED) is 0.132. The second-order valence-corrected chi connectivity index (χ2v) is 17.2. The van der Waals surface area contributed by atoms with Crippen LogP contribution in [0.2, 0.25) is 0 Å². The highest BCUT2D eigenvalue weighted by atomic mass is 31.1. The molecule has 1 N–H and O–H groups in total. The maximum absolute atomic E-state index is 13.0. The molecule has 0 saturated heterocycles. The fourth-order valence-electron chi connectivity index (χ4n) is 6.04. The van der Waals surface area contributed by atoms with Gasteiger partial charge in [-0.3, -0.25) is 0 Å². The van der Waals surface area contributed by atoms with E-state index in [0.29, 0.717) is 46.0 Å². The first-order valence-corrected chi connectivity index (χ1v) is 19.5. The molecule has 0 spiro atoms. The van der Waals surface area contributed by atoms with Gasteiger partial charge in [0, 0.05) is 56.1 Å². The number of hydrogen-bond donors (Lipinski definition) is 1. The Morgan fingerprint density at radius 3 is 0.849 bits per heavy atom. The van der Waals surface area contributed by atoms with E-state index >= 15 is 0 Å². The third kappa shape index (κ3) is 8.07.